The SMILES string of the molecule is Cn1cc(CNC2CCCC(O)C2)c2ccccc21. The van der Waals surface area contributed by atoms with Crippen molar-refractivity contribution in [2.24, 2.45) is 7.05 Å². The molecule has 1 aromatic carbocycles. The first-order chi connectivity index (χ1) is 9.24. The zero-order chi connectivity index (χ0) is 13.2. The van der Waals surface area contributed by atoms with Gasteiger partial charge in [-0.3, -0.25) is 0 Å². The summed E-state index contributed by atoms with van der Waals surface area (Å²) < 4.78 is 2.18. The van der Waals surface area contributed by atoms with Crippen molar-refractivity contribution < 1.29 is 5.11 Å². The van der Waals surface area contributed by atoms with Gasteiger partial charge < -0.3 is 15.0 Å². The number of aromatic nitrogens is 1. The van der Waals surface area contributed by atoms with Gasteiger partial charge in [0.05, 0.1) is 6.10 Å². The van der Waals surface area contributed by atoms with E-state index < -0.39 is 0 Å². The first-order valence-electron chi connectivity index (χ1n) is 7.18. The van der Waals surface area contributed by atoms with E-state index >= 15 is 0 Å². The van der Waals surface area contributed by atoms with Gasteiger partial charge in [0.1, 0.15) is 0 Å². The normalized spacial score (nSPS) is 23.9. The van der Waals surface area contributed by atoms with Gasteiger partial charge in [-0.05, 0) is 37.3 Å². The molecule has 0 bridgehead atoms. The monoisotopic (exact) mass is 258 g/mol. The minimum atomic E-state index is -0.112. The Morgan fingerprint density at radius 2 is 2.16 bits per heavy atom. The first-order valence-corrected chi connectivity index (χ1v) is 7.18. The molecule has 0 saturated heterocycles. The van der Waals surface area contributed by atoms with Crippen LogP contribution in [0.5, 0.6) is 0 Å². The molecule has 0 aliphatic heterocycles. The molecule has 2 N–H and O–H groups in total. The van der Waals surface area contributed by atoms with Crippen LogP contribution in [-0.4, -0.2) is 21.8 Å². The van der Waals surface area contributed by atoms with Gasteiger partial charge in [-0.2, -0.15) is 0 Å². The Hall–Kier alpha value is -1.32. The van der Waals surface area contributed by atoms with Crippen LogP contribution in [0.3, 0.4) is 0 Å². The van der Waals surface area contributed by atoms with Crippen molar-refractivity contribution in [1.29, 1.82) is 0 Å². The first kappa shape index (κ1) is 12.7. The molecule has 1 aromatic heterocycles. The summed E-state index contributed by atoms with van der Waals surface area (Å²) in [5.41, 5.74) is 2.63. The lowest BCUT2D eigenvalue weighted by Gasteiger charge is -2.26. The Morgan fingerprint density at radius 1 is 1.32 bits per heavy atom. The van der Waals surface area contributed by atoms with Crippen LogP contribution in [0.4, 0.5) is 0 Å². The molecule has 19 heavy (non-hydrogen) atoms. The Labute approximate surface area is 114 Å². The lowest BCUT2D eigenvalue weighted by atomic mass is 9.93. The largest absolute Gasteiger partial charge is 0.393 e. The third-order valence-electron chi connectivity index (χ3n) is 4.21. The third-order valence-corrected chi connectivity index (χ3v) is 4.21. The number of para-hydroxylation sites is 1. The second-order valence-corrected chi connectivity index (χ2v) is 5.68. The summed E-state index contributed by atoms with van der Waals surface area (Å²) in [6, 6.07) is 8.97. The molecule has 102 valence electrons. The molecule has 2 aromatic rings. The van der Waals surface area contributed by atoms with Crippen LogP contribution in [0.1, 0.15) is 31.2 Å². The van der Waals surface area contributed by atoms with Gasteiger partial charge in [-0.15, -0.1) is 0 Å². The Kier molecular flexibility index (Phi) is 3.58. The second-order valence-electron chi connectivity index (χ2n) is 5.68. The van der Waals surface area contributed by atoms with E-state index in [1.54, 1.807) is 0 Å². The van der Waals surface area contributed by atoms with E-state index in [1.165, 1.54) is 22.9 Å². The minimum absolute atomic E-state index is 0.112. The number of nitrogens with zero attached hydrogens (tertiary/aromatic N) is 1. The van der Waals surface area contributed by atoms with Crippen LogP contribution in [0, 0.1) is 0 Å². The van der Waals surface area contributed by atoms with Gasteiger partial charge in [0, 0.05) is 36.7 Å². The molecule has 0 radical (unpaired) electrons. The van der Waals surface area contributed by atoms with E-state index in [4.69, 9.17) is 0 Å². The summed E-state index contributed by atoms with van der Waals surface area (Å²) in [4.78, 5) is 0. The van der Waals surface area contributed by atoms with Crippen LogP contribution >= 0.6 is 0 Å². The molecule has 1 aliphatic carbocycles. The number of benzene rings is 1. The molecule has 2 unspecified atom stereocenters. The van der Waals surface area contributed by atoms with E-state index in [-0.39, 0.29) is 6.10 Å². The van der Waals surface area contributed by atoms with Crippen LogP contribution in [0.15, 0.2) is 30.5 Å². The Balaban J connectivity index is 1.71. The predicted molar refractivity (Wildman–Crippen MR) is 78.0 cm³/mol. The van der Waals surface area contributed by atoms with Crippen molar-refractivity contribution >= 4 is 10.9 Å². The molecule has 1 fully saturated rings. The number of rotatable bonds is 3. The lowest BCUT2D eigenvalue weighted by molar-refractivity contribution is 0.111. The zero-order valence-corrected chi connectivity index (χ0v) is 11.5. The maximum absolute atomic E-state index is 9.71. The zero-order valence-electron chi connectivity index (χ0n) is 11.5. The molecule has 1 aliphatic rings. The number of hydrogen-bond acceptors (Lipinski definition) is 2. The van der Waals surface area contributed by atoms with Crippen molar-refractivity contribution in [1.82, 2.24) is 9.88 Å². The van der Waals surface area contributed by atoms with Crippen LogP contribution in [-0.2, 0) is 13.6 Å². The number of nitrogens with one attached hydrogen (secondary N) is 1. The summed E-state index contributed by atoms with van der Waals surface area (Å²) >= 11 is 0. The summed E-state index contributed by atoms with van der Waals surface area (Å²) in [7, 11) is 2.09. The Bertz CT molecular complexity index is 561. The van der Waals surface area contributed by atoms with Crippen LogP contribution in [0.2, 0.25) is 0 Å². The number of hydrogen-bond donors (Lipinski definition) is 2. The minimum Gasteiger partial charge on any atom is -0.393 e. The van der Waals surface area contributed by atoms with Crippen LogP contribution in [0.25, 0.3) is 10.9 Å². The summed E-state index contributed by atoms with van der Waals surface area (Å²) in [5, 5.41) is 14.6. The number of aliphatic hydroxyl groups excluding tert-OH is 1. The lowest BCUT2D eigenvalue weighted by Crippen LogP contribution is -2.35. The molecule has 3 nitrogen and oxygen atoms in total. The van der Waals surface area contributed by atoms with E-state index in [0.717, 1.165) is 25.8 Å². The molecule has 1 heterocycles. The van der Waals surface area contributed by atoms with E-state index in [1.807, 2.05) is 0 Å². The number of fused-ring (bicyclic) bond motifs is 1. The maximum Gasteiger partial charge on any atom is 0.0555 e. The highest BCUT2D eigenvalue weighted by molar-refractivity contribution is 5.83. The van der Waals surface area contributed by atoms with Crippen molar-refractivity contribution in [3.8, 4) is 0 Å². The molecule has 3 heteroatoms. The summed E-state index contributed by atoms with van der Waals surface area (Å²) in [5.74, 6) is 0. The fourth-order valence-electron chi connectivity index (χ4n) is 3.17. The third kappa shape index (κ3) is 2.67. The fraction of sp³-hybridized carbons (Fsp3) is 0.500. The van der Waals surface area contributed by atoms with Crippen molar-refractivity contribution in [2.45, 2.75) is 44.4 Å². The summed E-state index contributed by atoms with van der Waals surface area (Å²) in [6.07, 6.45) is 6.27. The smallest absolute Gasteiger partial charge is 0.0555 e. The molecule has 2 atom stereocenters. The van der Waals surface area contributed by atoms with Gasteiger partial charge in [-0.25, -0.2) is 0 Å². The van der Waals surface area contributed by atoms with E-state index in [2.05, 4.69) is 47.4 Å². The Morgan fingerprint density at radius 3 is 3.00 bits per heavy atom. The van der Waals surface area contributed by atoms with Crippen molar-refractivity contribution in [3.05, 3.63) is 36.0 Å². The van der Waals surface area contributed by atoms with Gasteiger partial charge in [0.2, 0.25) is 0 Å². The predicted octanol–water partition coefficient (Wildman–Crippen LogP) is 2.57. The molecule has 0 amide bonds. The van der Waals surface area contributed by atoms with Crippen molar-refractivity contribution in [2.75, 3.05) is 0 Å². The van der Waals surface area contributed by atoms with Crippen LogP contribution < -0.4 is 5.32 Å². The molecule has 3 rings (SSSR count). The maximum atomic E-state index is 9.71. The second kappa shape index (κ2) is 5.35. The number of aryl methyl sites for hydroxylation is 1. The average Bonchev–Trinajstić information content (AvgIpc) is 2.74. The van der Waals surface area contributed by atoms with Gasteiger partial charge >= 0.3 is 0 Å². The number of aliphatic hydroxyl groups is 1. The molecule has 0 spiro atoms. The van der Waals surface area contributed by atoms with E-state index in [9.17, 15) is 5.11 Å². The fourth-order valence-corrected chi connectivity index (χ4v) is 3.17. The highest BCUT2D eigenvalue weighted by atomic mass is 16.3. The molecular weight excluding hydrogens is 236 g/mol. The highest BCUT2D eigenvalue weighted by Crippen LogP contribution is 2.22. The topological polar surface area (TPSA) is 37.2 Å². The van der Waals surface area contributed by atoms with Gasteiger partial charge in [0.15, 0.2) is 0 Å². The average molecular weight is 258 g/mol. The van der Waals surface area contributed by atoms with E-state index in [0.29, 0.717) is 6.04 Å². The highest BCUT2D eigenvalue weighted by Gasteiger charge is 2.19. The quantitative estimate of drug-likeness (QED) is 0.888. The van der Waals surface area contributed by atoms with Gasteiger partial charge in [0.25, 0.3) is 0 Å². The molecule has 1 saturated carbocycles. The molecular formula is C16H22N2O. The standard InChI is InChI=1S/C16H22N2O/c1-18-11-12(15-7-2-3-8-16(15)18)10-17-13-5-4-6-14(19)9-13/h2-3,7-8,11,13-14,17,19H,4-6,9-10H2,1H3. The van der Waals surface area contributed by atoms with Gasteiger partial charge in [-0.1, -0.05) is 18.2 Å². The summed E-state index contributed by atoms with van der Waals surface area (Å²) in [6.45, 7) is 0.888. The van der Waals surface area contributed by atoms with Crippen molar-refractivity contribution in [3.63, 3.8) is 0 Å².